The number of ether oxygens (including phenoxy) is 1. The van der Waals surface area contributed by atoms with Crippen molar-refractivity contribution >= 4 is 16.2 Å². The summed E-state index contributed by atoms with van der Waals surface area (Å²) in [5.41, 5.74) is 1.46. The minimum absolute atomic E-state index is 0.369. The molecule has 0 aliphatic rings. The second-order valence-electron chi connectivity index (χ2n) is 1.24. The molecule has 47 valence electrons. The number of carbonyl (C=O) groups is 1. The van der Waals surface area contributed by atoms with Crippen molar-refractivity contribution in [2.75, 3.05) is 0 Å². The third-order valence-corrected chi connectivity index (χ3v) is 0.691. The van der Waals surface area contributed by atoms with E-state index in [-0.39, 0.29) is 5.97 Å². The molecule has 0 aromatic carbocycles. The van der Waals surface area contributed by atoms with Crippen molar-refractivity contribution < 1.29 is 9.53 Å². The second kappa shape index (κ2) is 5.31. The van der Waals surface area contributed by atoms with Crippen molar-refractivity contribution in [3.05, 3.63) is 24.1 Å². The molecule has 3 heteroatoms. The lowest BCUT2D eigenvalue weighted by molar-refractivity contribution is -0.132. The summed E-state index contributed by atoms with van der Waals surface area (Å²) in [5, 5.41) is 0. The molecule has 0 heterocycles. The first-order chi connectivity index (χ1) is 4.31. The van der Waals surface area contributed by atoms with Crippen molar-refractivity contribution in [3.63, 3.8) is 0 Å². The first kappa shape index (κ1) is 8.17. The average molecular weight is 139 g/mol. The van der Waals surface area contributed by atoms with Crippen LogP contribution in [0.3, 0.4) is 0 Å². The first-order valence-electron chi connectivity index (χ1n) is 2.47. The minimum Gasteiger partial charge on any atom is -0.432 e. The Bertz CT molecular complexity index is 138. The molecule has 0 fully saturated rings. The maximum absolute atomic E-state index is 10.4. The molecule has 0 aliphatic heterocycles. The molecule has 0 N–H and O–H groups in total. The maximum atomic E-state index is 10.4. The van der Waals surface area contributed by atoms with Gasteiger partial charge in [0.05, 0.1) is 16.5 Å². The van der Waals surface area contributed by atoms with E-state index in [0.717, 1.165) is 0 Å². The van der Waals surface area contributed by atoms with Crippen LogP contribution in [0.5, 0.6) is 0 Å². The van der Waals surface area contributed by atoms with Crippen molar-refractivity contribution in [3.8, 4) is 0 Å². The average Bonchev–Trinajstić information content (AvgIpc) is 1.85. The van der Waals surface area contributed by atoms with Crippen LogP contribution in [0.2, 0.25) is 0 Å². The number of carbonyl (C=O) groups excluding carboxylic acids is 1. The molecule has 0 atom stereocenters. The summed E-state index contributed by atoms with van der Waals surface area (Å²) < 4.78 is 4.48. The SMILES string of the molecule is CC=CC(=O)OC=C[Si]. The fourth-order valence-corrected chi connectivity index (χ4v) is 0.344. The summed E-state index contributed by atoms with van der Waals surface area (Å²) in [5.74, 6) is -0.369. The number of rotatable bonds is 2. The minimum atomic E-state index is -0.369. The van der Waals surface area contributed by atoms with Crippen LogP contribution >= 0.6 is 0 Å². The standard InChI is InChI=1S/C6H7O2Si/c1-2-3-6(7)8-4-5-9/h2-5H,1H3. The highest BCUT2D eigenvalue weighted by Crippen LogP contribution is 1.80. The van der Waals surface area contributed by atoms with Crippen molar-refractivity contribution in [1.29, 1.82) is 0 Å². The number of hydrogen-bond acceptors (Lipinski definition) is 2. The quantitative estimate of drug-likeness (QED) is 0.244. The van der Waals surface area contributed by atoms with Crippen LogP contribution in [0.4, 0.5) is 0 Å². The fourth-order valence-electron chi connectivity index (χ4n) is 0.276. The Kier molecular flexibility index (Phi) is 4.82. The van der Waals surface area contributed by atoms with E-state index >= 15 is 0 Å². The second-order valence-corrected chi connectivity index (χ2v) is 1.57. The molecule has 0 saturated carbocycles. The van der Waals surface area contributed by atoms with Gasteiger partial charge < -0.3 is 4.74 Å². The van der Waals surface area contributed by atoms with Gasteiger partial charge in [-0.05, 0) is 6.92 Å². The molecule has 9 heavy (non-hydrogen) atoms. The molecule has 0 saturated heterocycles. The molecule has 0 aliphatic carbocycles. The third-order valence-electron chi connectivity index (χ3n) is 0.555. The van der Waals surface area contributed by atoms with Crippen LogP contribution in [0, 0.1) is 0 Å². The van der Waals surface area contributed by atoms with Crippen LogP contribution in [-0.4, -0.2) is 16.2 Å². The Balaban J connectivity index is 3.51. The molecular formula is C6H7O2Si. The molecule has 0 unspecified atom stereocenters. The number of esters is 1. The lowest BCUT2D eigenvalue weighted by Gasteiger charge is -1.88. The van der Waals surface area contributed by atoms with Crippen molar-refractivity contribution in [1.82, 2.24) is 0 Å². The highest BCUT2D eigenvalue weighted by atomic mass is 28.1. The highest BCUT2D eigenvalue weighted by molar-refractivity contribution is 6.16. The Hall–Kier alpha value is -0.833. The predicted octanol–water partition coefficient (Wildman–Crippen LogP) is 0.745. The monoisotopic (exact) mass is 139 g/mol. The van der Waals surface area contributed by atoms with Crippen molar-refractivity contribution in [2.24, 2.45) is 0 Å². The Labute approximate surface area is 57.6 Å². The largest absolute Gasteiger partial charge is 0.432 e. The van der Waals surface area contributed by atoms with Gasteiger partial charge in [-0.3, -0.25) is 0 Å². The highest BCUT2D eigenvalue weighted by Gasteiger charge is 1.87. The van der Waals surface area contributed by atoms with Gasteiger partial charge in [0.15, 0.2) is 0 Å². The molecule has 0 bridgehead atoms. The van der Waals surface area contributed by atoms with Gasteiger partial charge in [0.25, 0.3) is 0 Å². The van der Waals surface area contributed by atoms with Crippen LogP contribution in [0.25, 0.3) is 0 Å². The molecule has 0 amide bonds. The Morgan fingerprint density at radius 1 is 1.67 bits per heavy atom. The maximum Gasteiger partial charge on any atom is 0.335 e. The first-order valence-corrected chi connectivity index (χ1v) is 3.04. The number of allylic oxidation sites excluding steroid dienone is 1. The molecule has 0 aromatic heterocycles. The summed E-state index contributed by atoms with van der Waals surface area (Å²) >= 11 is 0. The lowest BCUT2D eigenvalue weighted by Crippen LogP contribution is -1.92. The topological polar surface area (TPSA) is 26.3 Å². The number of hydrogen-bond donors (Lipinski definition) is 0. The zero-order valence-electron chi connectivity index (χ0n) is 5.13. The van der Waals surface area contributed by atoms with Gasteiger partial charge >= 0.3 is 5.97 Å². The van der Waals surface area contributed by atoms with Gasteiger partial charge in [-0.15, -0.1) is 0 Å². The van der Waals surface area contributed by atoms with Crippen LogP contribution < -0.4 is 0 Å². The fraction of sp³-hybridized carbons (Fsp3) is 0.167. The summed E-state index contributed by atoms with van der Waals surface area (Å²) in [6, 6.07) is 0. The van der Waals surface area contributed by atoms with E-state index in [1.54, 1.807) is 13.0 Å². The van der Waals surface area contributed by atoms with Crippen LogP contribution in [0.15, 0.2) is 24.1 Å². The van der Waals surface area contributed by atoms with Gasteiger partial charge in [-0.2, -0.15) is 0 Å². The summed E-state index contributed by atoms with van der Waals surface area (Å²) in [7, 11) is 2.99. The van der Waals surface area contributed by atoms with Crippen LogP contribution in [0.1, 0.15) is 6.92 Å². The Morgan fingerprint density at radius 3 is 2.78 bits per heavy atom. The summed E-state index contributed by atoms with van der Waals surface area (Å²) in [4.78, 5) is 10.4. The molecule has 3 radical (unpaired) electrons. The normalized spacial score (nSPS) is 10.9. The van der Waals surface area contributed by atoms with E-state index in [0.29, 0.717) is 0 Å². The predicted molar refractivity (Wildman–Crippen MR) is 35.8 cm³/mol. The molecule has 0 rings (SSSR count). The zero-order chi connectivity index (χ0) is 7.11. The van der Waals surface area contributed by atoms with E-state index in [1.807, 2.05) is 0 Å². The summed E-state index contributed by atoms with van der Waals surface area (Å²) in [6.45, 7) is 1.75. The molecule has 2 nitrogen and oxygen atoms in total. The van der Waals surface area contributed by atoms with E-state index in [2.05, 4.69) is 15.0 Å². The van der Waals surface area contributed by atoms with Gasteiger partial charge in [-0.25, -0.2) is 4.79 Å². The Morgan fingerprint density at radius 2 is 2.33 bits per heavy atom. The van der Waals surface area contributed by atoms with E-state index in [4.69, 9.17) is 0 Å². The van der Waals surface area contributed by atoms with Crippen LogP contribution in [-0.2, 0) is 9.53 Å². The molecular weight excluding hydrogens is 132 g/mol. The third kappa shape index (κ3) is 5.03. The van der Waals surface area contributed by atoms with Gasteiger partial charge in [-0.1, -0.05) is 11.8 Å². The smallest absolute Gasteiger partial charge is 0.335 e. The van der Waals surface area contributed by atoms with Gasteiger partial charge in [0.2, 0.25) is 0 Å². The molecule has 0 spiro atoms. The van der Waals surface area contributed by atoms with E-state index < -0.39 is 0 Å². The van der Waals surface area contributed by atoms with Gasteiger partial charge in [0, 0.05) is 6.08 Å². The zero-order valence-corrected chi connectivity index (χ0v) is 6.13. The van der Waals surface area contributed by atoms with E-state index in [9.17, 15) is 4.79 Å². The lowest BCUT2D eigenvalue weighted by atomic mass is 10.5. The molecule has 0 aromatic rings. The van der Waals surface area contributed by atoms with E-state index in [1.165, 1.54) is 18.0 Å². The van der Waals surface area contributed by atoms with Crippen molar-refractivity contribution in [2.45, 2.75) is 6.92 Å². The van der Waals surface area contributed by atoms with Gasteiger partial charge in [0.1, 0.15) is 0 Å². The summed E-state index contributed by atoms with van der Waals surface area (Å²) in [6.07, 6.45) is 4.22.